The fourth-order valence-electron chi connectivity index (χ4n) is 2.84. The van der Waals surface area contributed by atoms with Gasteiger partial charge in [-0.3, -0.25) is 4.79 Å². The zero-order valence-corrected chi connectivity index (χ0v) is 14.6. The summed E-state index contributed by atoms with van der Waals surface area (Å²) in [6.07, 6.45) is 2.33. The van der Waals surface area contributed by atoms with Gasteiger partial charge < -0.3 is 20.7 Å². The lowest BCUT2D eigenvalue weighted by molar-refractivity contribution is -0.118. The van der Waals surface area contributed by atoms with Crippen molar-refractivity contribution in [3.63, 3.8) is 0 Å². The van der Waals surface area contributed by atoms with Crippen molar-refractivity contribution in [2.75, 3.05) is 36.6 Å². The molecule has 0 aromatic heterocycles. The average Bonchev–Trinajstić information content (AvgIpc) is 2.54. The Bertz CT molecular complexity index is 787. The van der Waals surface area contributed by atoms with Gasteiger partial charge in [0.15, 0.2) is 6.61 Å². The molecule has 0 bridgehead atoms. The molecule has 10 heteroatoms. The number of hydrogen-bond acceptors (Lipinski definition) is 5. The summed E-state index contributed by atoms with van der Waals surface area (Å²) in [6.45, 7) is 0.744. The predicted octanol–water partition coefficient (Wildman–Crippen LogP) is 0.563. The number of sulfonamides is 1. The number of rotatable bonds is 3. The summed E-state index contributed by atoms with van der Waals surface area (Å²) in [7, 11) is -3.18. The molecule has 3 N–H and O–H groups in total. The zero-order valence-electron chi connectivity index (χ0n) is 13.7. The van der Waals surface area contributed by atoms with E-state index in [0.717, 1.165) is 0 Å². The zero-order chi connectivity index (χ0) is 18.0. The summed E-state index contributed by atoms with van der Waals surface area (Å²) in [6, 6.07) is 4.52. The van der Waals surface area contributed by atoms with Gasteiger partial charge in [-0.25, -0.2) is 17.5 Å². The number of fused-ring (bicyclic) bond motifs is 1. The second kappa shape index (κ2) is 6.89. The number of carbonyl (C=O) groups excluding carboxylic acids is 2. The van der Waals surface area contributed by atoms with Crippen molar-refractivity contribution in [1.29, 1.82) is 0 Å². The van der Waals surface area contributed by atoms with Gasteiger partial charge >= 0.3 is 6.03 Å². The first-order valence-electron chi connectivity index (χ1n) is 7.90. The number of carbonyl (C=O) groups is 2. The number of amides is 3. The molecule has 25 heavy (non-hydrogen) atoms. The molecule has 0 radical (unpaired) electrons. The Kier molecular flexibility index (Phi) is 4.82. The van der Waals surface area contributed by atoms with Crippen LogP contribution in [0.3, 0.4) is 0 Å². The average molecular weight is 368 g/mol. The quantitative estimate of drug-likeness (QED) is 0.721. The lowest BCUT2D eigenvalue weighted by atomic mass is 10.1. The second-order valence-electron chi connectivity index (χ2n) is 6.08. The molecule has 1 aromatic carbocycles. The Morgan fingerprint density at radius 2 is 2.04 bits per heavy atom. The molecular weight excluding hydrogens is 348 g/mol. The fourth-order valence-corrected chi connectivity index (χ4v) is 3.71. The Labute approximate surface area is 145 Å². The van der Waals surface area contributed by atoms with Crippen LogP contribution in [-0.4, -0.2) is 56.7 Å². The summed E-state index contributed by atoms with van der Waals surface area (Å²) in [5, 5.41) is 8.24. The number of urea groups is 1. The van der Waals surface area contributed by atoms with E-state index in [4.69, 9.17) is 4.74 Å². The van der Waals surface area contributed by atoms with Crippen molar-refractivity contribution < 1.29 is 22.7 Å². The third-order valence-electron chi connectivity index (χ3n) is 4.13. The molecule has 0 atom stereocenters. The van der Waals surface area contributed by atoms with Crippen LogP contribution in [0.2, 0.25) is 0 Å². The van der Waals surface area contributed by atoms with Gasteiger partial charge in [0.25, 0.3) is 5.91 Å². The van der Waals surface area contributed by atoms with Gasteiger partial charge in [-0.1, -0.05) is 0 Å². The molecule has 1 aromatic rings. The van der Waals surface area contributed by atoms with Crippen LogP contribution in [-0.2, 0) is 14.8 Å². The van der Waals surface area contributed by atoms with Crippen LogP contribution in [0.25, 0.3) is 0 Å². The van der Waals surface area contributed by atoms with Crippen LogP contribution in [0.15, 0.2) is 18.2 Å². The van der Waals surface area contributed by atoms with E-state index in [9.17, 15) is 18.0 Å². The normalized spacial score (nSPS) is 18.7. The summed E-state index contributed by atoms with van der Waals surface area (Å²) in [5.74, 6) is 0.283. The number of hydrogen-bond donors (Lipinski definition) is 3. The minimum absolute atomic E-state index is 0.0540. The van der Waals surface area contributed by atoms with Crippen molar-refractivity contribution in [3.05, 3.63) is 18.2 Å². The summed E-state index contributed by atoms with van der Waals surface area (Å²) >= 11 is 0. The van der Waals surface area contributed by atoms with E-state index >= 15 is 0 Å². The van der Waals surface area contributed by atoms with Crippen LogP contribution in [0.4, 0.5) is 16.2 Å². The van der Waals surface area contributed by atoms with Crippen LogP contribution in [0.5, 0.6) is 5.75 Å². The lowest BCUT2D eigenvalue weighted by Gasteiger charge is -2.30. The number of nitrogens with one attached hydrogen (secondary N) is 3. The van der Waals surface area contributed by atoms with Crippen molar-refractivity contribution in [2.45, 2.75) is 18.9 Å². The molecule has 0 spiro atoms. The minimum atomic E-state index is -3.18. The minimum Gasteiger partial charge on any atom is -0.482 e. The molecule has 0 saturated carbocycles. The second-order valence-corrected chi connectivity index (χ2v) is 8.07. The molecule has 2 heterocycles. The van der Waals surface area contributed by atoms with Gasteiger partial charge in [0.1, 0.15) is 5.75 Å². The first kappa shape index (κ1) is 17.5. The topological polar surface area (TPSA) is 117 Å². The van der Waals surface area contributed by atoms with Crippen LogP contribution >= 0.6 is 0 Å². The van der Waals surface area contributed by atoms with E-state index in [1.165, 1.54) is 10.6 Å². The van der Waals surface area contributed by atoms with Crippen molar-refractivity contribution in [1.82, 2.24) is 9.62 Å². The molecule has 2 aliphatic rings. The highest BCUT2D eigenvalue weighted by Crippen LogP contribution is 2.30. The molecule has 1 saturated heterocycles. The first-order chi connectivity index (χ1) is 11.8. The number of nitrogens with zero attached hydrogens (tertiary/aromatic N) is 1. The van der Waals surface area contributed by atoms with Gasteiger partial charge in [-0.2, -0.15) is 0 Å². The third-order valence-corrected chi connectivity index (χ3v) is 5.43. The Balaban J connectivity index is 1.53. The SMILES string of the molecule is CS(=O)(=O)N1CCC(NC(=O)Nc2ccc3c(c2)OCC(=O)N3)CC1. The van der Waals surface area contributed by atoms with E-state index in [2.05, 4.69) is 16.0 Å². The summed E-state index contributed by atoms with van der Waals surface area (Å²) in [4.78, 5) is 23.4. The largest absolute Gasteiger partial charge is 0.482 e. The number of anilines is 2. The monoisotopic (exact) mass is 368 g/mol. The van der Waals surface area contributed by atoms with Crippen LogP contribution in [0.1, 0.15) is 12.8 Å². The molecule has 136 valence electrons. The van der Waals surface area contributed by atoms with E-state index in [1.807, 2.05) is 0 Å². The highest BCUT2D eigenvalue weighted by molar-refractivity contribution is 7.88. The van der Waals surface area contributed by atoms with E-state index in [0.29, 0.717) is 43.1 Å². The predicted molar refractivity (Wildman–Crippen MR) is 92.2 cm³/mol. The Hall–Kier alpha value is -2.33. The molecule has 2 aliphatic heterocycles. The van der Waals surface area contributed by atoms with Crippen molar-refractivity contribution in [2.24, 2.45) is 0 Å². The maximum absolute atomic E-state index is 12.1. The van der Waals surface area contributed by atoms with E-state index in [1.54, 1.807) is 18.2 Å². The highest BCUT2D eigenvalue weighted by atomic mass is 32.2. The molecule has 0 aliphatic carbocycles. The van der Waals surface area contributed by atoms with Crippen molar-refractivity contribution >= 4 is 33.3 Å². The number of piperidine rings is 1. The van der Waals surface area contributed by atoms with Gasteiger partial charge in [-0.15, -0.1) is 0 Å². The number of benzene rings is 1. The van der Waals surface area contributed by atoms with E-state index < -0.39 is 10.0 Å². The standard InChI is InChI=1S/C15H20N4O5S/c1-25(22,23)19-6-4-10(5-7-19)16-15(21)17-11-2-3-12-13(8-11)24-9-14(20)18-12/h2-3,8,10H,4-7,9H2,1H3,(H,18,20)(H2,16,17,21). The number of ether oxygens (including phenoxy) is 1. The van der Waals surface area contributed by atoms with Crippen LogP contribution < -0.4 is 20.7 Å². The smallest absolute Gasteiger partial charge is 0.319 e. The Morgan fingerprint density at radius 1 is 1.32 bits per heavy atom. The van der Waals surface area contributed by atoms with Gasteiger partial charge in [0, 0.05) is 30.9 Å². The van der Waals surface area contributed by atoms with Gasteiger partial charge in [-0.05, 0) is 25.0 Å². The van der Waals surface area contributed by atoms with Crippen molar-refractivity contribution in [3.8, 4) is 5.75 Å². The third kappa shape index (κ3) is 4.40. The summed E-state index contributed by atoms with van der Waals surface area (Å²) < 4.78 is 29.7. The van der Waals surface area contributed by atoms with Gasteiger partial charge in [0.2, 0.25) is 10.0 Å². The maximum atomic E-state index is 12.1. The molecule has 9 nitrogen and oxygen atoms in total. The lowest BCUT2D eigenvalue weighted by Crippen LogP contribution is -2.47. The Morgan fingerprint density at radius 3 is 2.72 bits per heavy atom. The first-order valence-corrected chi connectivity index (χ1v) is 9.75. The maximum Gasteiger partial charge on any atom is 0.319 e. The molecule has 0 unspecified atom stereocenters. The molecule has 3 rings (SSSR count). The van der Waals surface area contributed by atoms with Crippen LogP contribution in [0, 0.1) is 0 Å². The summed E-state index contributed by atoms with van der Waals surface area (Å²) in [5.41, 5.74) is 1.11. The van der Waals surface area contributed by atoms with E-state index in [-0.39, 0.29) is 24.6 Å². The molecule has 1 fully saturated rings. The molecule has 3 amide bonds. The fraction of sp³-hybridized carbons (Fsp3) is 0.467. The molecular formula is C15H20N4O5S. The highest BCUT2D eigenvalue weighted by Gasteiger charge is 2.25. The van der Waals surface area contributed by atoms with Gasteiger partial charge in [0.05, 0.1) is 11.9 Å².